The van der Waals surface area contributed by atoms with Gasteiger partial charge in [0.05, 0.1) is 29.4 Å². The molecule has 27 heavy (non-hydrogen) atoms. The number of benzene rings is 2. The number of carbonyl (C=O) groups excluding carboxylic acids is 1. The Balaban J connectivity index is 2.27. The van der Waals surface area contributed by atoms with Gasteiger partial charge in [-0.1, -0.05) is 18.2 Å². The second-order valence-corrected chi connectivity index (χ2v) is 6.44. The third-order valence-corrected chi connectivity index (χ3v) is 4.91. The van der Waals surface area contributed by atoms with Crippen LogP contribution in [0.25, 0.3) is 27.5 Å². The number of aromatic nitrogens is 3. The standard InChI is InChI=1S/C20H19N5O2/c1-10-4-7-14(27-3)11(2)17(10)25-18-13(15(19(25)21)20(22)26)6-5-12-8-23-9-24-16(12)18/h4-9H,21H2,1-3H3,(H2,22,26). The first-order valence-electron chi connectivity index (χ1n) is 8.42. The van der Waals surface area contributed by atoms with Crippen molar-refractivity contribution in [3.8, 4) is 11.4 Å². The summed E-state index contributed by atoms with van der Waals surface area (Å²) >= 11 is 0. The summed E-state index contributed by atoms with van der Waals surface area (Å²) in [6, 6.07) is 7.56. The van der Waals surface area contributed by atoms with Gasteiger partial charge in [0, 0.05) is 22.5 Å². The Morgan fingerprint density at radius 3 is 2.67 bits per heavy atom. The number of rotatable bonds is 3. The molecule has 0 aliphatic rings. The maximum absolute atomic E-state index is 12.2. The number of primary amides is 1. The number of fused-ring (bicyclic) bond motifs is 3. The minimum atomic E-state index is -0.581. The van der Waals surface area contributed by atoms with Crippen LogP contribution in [0.1, 0.15) is 21.5 Å². The molecular weight excluding hydrogens is 342 g/mol. The molecule has 4 rings (SSSR count). The SMILES string of the molecule is COc1ccc(C)c(-n2c(N)c(C(N)=O)c3ccc4cncnc4c32)c1C. The number of hydrogen-bond acceptors (Lipinski definition) is 5. The summed E-state index contributed by atoms with van der Waals surface area (Å²) < 4.78 is 7.33. The molecule has 4 aromatic rings. The quantitative estimate of drug-likeness (QED) is 0.583. The fourth-order valence-corrected chi connectivity index (χ4v) is 3.71. The fraction of sp³-hybridized carbons (Fsp3) is 0.150. The van der Waals surface area contributed by atoms with Crippen LogP contribution < -0.4 is 16.2 Å². The summed E-state index contributed by atoms with van der Waals surface area (Å²) in [5.41, 5.74) is 16.5. The average molecular weight is 361 g/mol. The molecule has 0 aliphatic heterocycles. The van der Waals surface area contributed by atoms with Crippen molar-refractivity contribution in [3.63, 3.8) is 0 Å². The van der Waals surface area contributed by atoms with Crippen LogP contribution in [0.5, 0.6) is 5.75 Å². The van der Waals surface area contributed by atoms with Gasteiger partial charge in [-0.2, -0.15) is 0 Å². The normalized spacial score (nSPS) is 11.2. The van der Waals surface area contributed by atoms with E-state index in [-0.39, 0.29) is 11.4 Å². The molecule has 0 saturated heterocycles. The number of nitrogen functional groups attached to an aromatic ring is 1. The number of hydrogen-bond donors (Lipinski definition) is 2. The molecule has 1 amide bonds. The third-order valence-electron chi connectivity index (χ3n) is 4.91. The highest BCUT2D eigenvalue weighted by molar-refractivity contribution is 6.17. The lowest BCUT2D eigenvalue weighted by Gasteiger charge is -2.17. The van der Waals surface area contributed by atoms with E-state index in [1.165, 1.54) is 6.33 Å². The summed E-state index contributed by atoms with van der Waals surface area (Å²) in [6.45, 7) is 3.94. The monoisotopic (exact) mass is 361 g/mol. The minimum absolute atomic E-state index is 0.281. The Morgan fingerprint density at radius 1 is 1.19 bits per heavy atom. The molecular formula is C20H19N5O2. The highest BCUT2D eigenvalue weighted by Gasteiger charge is 2.24. The number of anilines is 1. The maximum atomic E-state index is 12.2. The summed E-state index contributed by atoms with van der Waals surface area (Å²) in [5.74, 6) is 0.429. The predicted octanol–water partition coefficient (Wildman–Crippen LogP) is 2.88. The van der Waals surface area contributed by atoms with Crippen LogP contribution in [-0.4, -0.2) is 27.6 Å². The molecule has 0 spiro atoms. The lowest BCUT2D eigenvalue weighted by molar-refractivity contribution is 0.100. The smallest absolute Gasteiger partial charge is 0.253 e. The minimum Gasteiger partial charge on any atom is -0.496 e. The average Bonchev–Trinajstić information content (AvgIpc) is 2.95. The molecule has 2 heterocycles. The Bertz CT molecular complexity index is 1230. The molecule has 0 radical (unpaired) electrons. The summed E-state index contributed by atoms with van der Waals surface area (Å²) in [5, 5.41) is 1.51. The van der Waals surface area contributed by atoms with E-state index in [1.807, 2.05) is 42.7 Å². The first kappa shape index (κ1) is 16.8. The van der Waals surface area contributed by atoms with Gasteiger partial charge in [-0.3, -0.25) is 9.36 Å². The Kier molecular flexibility index (Phi) is 3.73. The second kappa shape index (κ2) is 5.98. The van der Waals surface area contributed by atoms with E-state index in [9.17, 15) is 4.79 Å². The van der Waals surface area contributed by atoms with Gasteiger partial charge in [-0.05, 0) is 25.5 Å². The van der Waals surface area contributed by atoms with Gasteiger partial charge in [-0.15, -0.1) is 0 Å². The van der Waals surface area contributed by atoms with Crippen LogP contribution in [0.3, 0.4) is 0 Å². The second-order valence-electron chi connectivity index (χ2n) is 6.44. The molecule has 2 aromatic heterocycles. The molecule has 2 aromatic carbocycles. The first-order chi connectivity index (χ1) is 13.0. The van der Waals surface area contributed by atoms with Gasteiger partial charge >= 0.3 is 0 Å². The number of nitrogens with zero attached hydrogens (tertiary/aromatic N) is 3. The van der Waals surface area contributed by atoms with Crippen LogP contribution >= 0.6 is 0 Å². The molecule has 0 aliphatic carbocycles. The van der Waals surface area contributed by atoms with E-state index in [1.54, 1.807) is 13.3 Å². The van der Waals surface area contributed by atoms with Crippen molar-refractivity contribution in [2.75, 3.05) is 12.8 Å². The van der Waals surface area contributed by atoms with Gasteiger partial charge in [0.15, 0.2) is 0 Å². The van der Waals surface area contributed by atoms with Crippen molar-refractivity contribution in [2.24, 2.45) is 5.73 Å². The number of nitrogens with two attached hydrogens (primary N) is 2. The van der Waals surface area contributed by atoms with Gasteiger partial charge in [0.2, 0.25) is 0 Å². The molecule has 0 atom stereocenters. The van der Waals surface area contributed by atoms with E-state index in [4.69, 9.17) is 16.2 Å². The van der Waals surface area contributed by atoms with E-state index in [0.29, 0.717) is 10.9 Å². The van der Waals surface area contributed by atoms with E-state index in [0.717, 1.165) is 33.5 Å². The Morgan fingerprint density at radius 2 is 1.96 bits per heavy atom. The van der Waals surface area contributed by atoms with E-state index in [2.05, 4.69) is 9.97 Å². The topological polar surface area (TPSA) is 109 Å². The van der Waals surface area contributed by atoms with Crippen molar-refractivity contribution < 1.29 is 9.53 Å². The van der Waals surface area contributed by atoms with Gasteiger partial charge in [0.1, 0.15) is 17.9 Å². The Labute approximate surface area is 155 Å². The van der Waals surface area contributed by atoms with Gasteiger partial charge < -0.3 is 16.2 Å². The zero-order valence-electron chi connectivity index (χ0n) is 15.3. The molecule has 0 saturated carbocycles. The molecule has 0 unspecified atom stereocenters. The fourth-order valence-electron chi connectivity index (χ4n) is 3.71. The highest BCUT2D eigenvalue weighted by atomic mass is 16.5. The zero-order valence-corrected chi connectivity index (χ0v) is 15.3. The van der Waals surface area contributed by atoms with Crippen LogP contribution in [-0.2, 0) is 0 Å². The van der Waals surface area contributed by atoms with Crippen molar-refractivity contribution >= 4 is 33.5 Å². The summed E-state index contributed by atoms with van der Waals surface area (Å²) in [4.78, 5) is 20.7. The lowest BCUT2D eigenvalue weighted by Crippen LogP contribution is -2.14. The van der Waals surface area contributed by atoms with Crippen LogP contribution in [0.15, 0.2) is 36.8 Å². The van der Waals surface area contributed by atoms with Crippen molar-refractivity contribution in [2.45, 2.75) is 13.8 Å². The van der Waals surface area contributed by atoms with Crippen molar-refractivity contribution in [1.82, 2.24) is 14.5 Å². The maximum Gasteiger partial charge on any atom is 0.253 e. The number of aryl methyl sites for hydroxylation is 1. The number of ether oxygens (including phenoxy) is 1. The largest absolute Gasteiger partial charge is 0.496 e. The Hall–Kier alpha value is -3.61. The molecule has 4 N–H and O–H groups in total. The van der Waals surface area contributed by atoms with Crippen LogP contribution in [0, 0.1) is 13.8 Å². The van der Waals surface area contributed by atoms with Crippen LogP contribution in [0.4, 0.5) is 5.82 Å². The predicted molar refractivity (Wildman–Crippen MR) is 105 cm³/mol. The molecule has 7 heteroatoms. The third kappa shape index (κ3) is 2.32. The van der Waals surface area contributed by atoms with Gasteiger partial charge in [-0.25, -0.2) is 9.97 Å². The zero-order chi connectivity index (χ0) is 19.3. The highest BCUT2D eigenvalue weighted by Crippen LogP contribution is 2.38. The number of amides is 1. The molecule has 0 bridgehead atoms. The number of carbonyl (C=O) groups is 1. The van der Waals surface area contributed by atoms with Crippen molar-refractivity contribution in [1.29, 1.82) is 0 Å². The van der Waals surface area contributed by atoms with Crippen LogP contribution in [0.2, 0.25) is 0 Å². The molecule has 0 fully saturated rings. The molecule has 136 valence electrons. The van der Waals surface area contributed by atoms with E-state index < -0.39 is 5.91 Å². The first-order valence-corrected chi connectivity index (χ1v) is 8.42. The van der Waals surface area contributed by atoms with Gasteiger partial charge in [0.25, 0.3) is 5.91 Å². The molecule has 7 nitrogen and oxygen atoms in total. The lowest BCUT2D eigenvalue weighted by atomic mass is 10.1. The van der Waals surface area contributed by atoms with Crippen molar-refractivity contribution in [3.05, 3.63) is 53.5 Å². The summed E-state index contributed by atoms with van der Waals surface area (Å²) in [7, 11) is 1.62. The van der Waals surface area contributed by atoms with E-state index >= 15 is 0 Å². The number of methoxy groups -OCH3 is 1. The summed E-state index contributed by atoms with van der Waals surface area (Å²) in [6.07, 6.45) is 3.20.